The maximum absolute atomic E-state index is 5.33. The van der Waals surface area contributed by atoms with Crippen LogP contribution in [-0.2, 0) is 6.42 Å². The van der Waals surface area contributed by atoms with Gasteiger partial charge in [-0.3, -0.25) is 4.98 Å². The number of rotatable bonds is 4. The molecule has 2 aromatic rings. The Labute approximate surface area is 113 Å². The highest BCUT2D eigenvalue weighted by atomic mass is 16.5. The lowest BCUT2D eigenvalue weighted by Crippen LogP contribution is -2.07. The zero-order chi connectivity index (χ0) is 12.9. The lowest BCUT2D eigenvalue weighted by Gasteiger charge is -2.20. The van der Waals surface area contributed by atoms with Gasteiger partial charge in [0.1, 0.15) is 0 Å². The Kier molecular flexibility index (Phi) is 3.86. The summed E-state index contributed by atoms with van der Waals surface area (Å²) in [5.74, 6) is 2.28. The molecule has 0 spiro atoms. The monoisotopic (exact) mass is 257 g/mol. The first-order valence-corrected chi connectivity index (χ1v) is 7.15. The summed E-state index contributed by atoms with van der Waals surface area (Å²) in [5.41, 5.74) is 0.961. The van der Waals surface area contributed by atoms with E-state index in [9.17, 15) is 0 Å². The van der Waals surface area contributed by atoms with Gasteiger partial charge < -0.3 is 4.52 Å². The summed E-state index contributed by atoms with van der Waals surface area (Å²) in [4.78, 5) is 8.45. The molecular weight excluding hydrogens is 238 g/mol. The van der Waals surface area contributed by atoms with Gasteiger partial charge in [0.05, 0.1) is 0 Å². The number of aryl methyl sites for hydroxylation is 1. The number of hydrogen-bond donors (Lipinski definition) is 0. The van der Waals surface area contributed by atoms with Crippen LogP contribution in [0.25, 0.3) is 11.4 Å². The van der Waals surface area contributed by atoms with E-state index in [0.717, 1.165) is 23.8 Å². The second kappa shape index (κ2) is 5.95. The van der Waals surface area contributed by atoms with Crippen molar-refractivity contribution in [1.82, 2.24) is 15.1 Å². The molecule has 1 saturated carbocycles. The van der Waals surface area contributed by atoms with Gasteiger partial charge in [-0.05, 0) is 24.5 Å². The smallest absolute Gasteiger partial charge is 0.226 e. The minimum absolute atomic E-state index is 0.668. The molecule has 2 aromatic heterocycles. The second-order valence-electron chi connectivity index (χ2n) is 5.29. The highest BCUT2D eigenvalue weighted by Crippen LogP contribution is 2.27. The molecule has 0 bridgehead atoms. The van der Waals surface area contributed by atoms with Gasteiger partial charge in [0.15, 0.2) is 0 Å². The minimum Gasteiger partial charge on any atom is -0.339 e. The Hall–Kier alpha value is -1.71. The first-order chi connectivity index (χ1) is 9.42. The van der Waals surface area contributed by atoms with Gasteiger partial charge in [-0.2, -0.15) is 4.98 Å². The first kappa shape index (κ1) is 12.3. The zero-order valence-electron chi connectivity index (χ0n) is 11.1. The fraction of sp³-hybridized carbons (Fsp3) is 0.533. The molecule has 1 fully saturated rings. The summed E-state index contributed by atoms with van der Waals surface area (Å²) in [5, 5.41) is 4.04. The maximum atomic E-state index is 5.33. The fourth-order valence-corrected chi connectivity index (χ4v) is 2.78. The van der Waals surface area contributed by atoms with E-state index in [2.05, 4.69) is 15.1 Å². The molecule has 1 aliphatic rings. The van der Waals surface area contributed by atoms with E-state index in [4.69, 9.17) is 4.52 Å². The van der Waals surface area contributed by atoms with Crippen molar-refractivity contribution in [2.24, 2.45) is 5.92 Å². The van der Waals surface area contributed by atoms with Crippen LogP contribution in [0.2, 0.25) is 0 Å². The van der Waals surface area contributed by atoms with E-state index in [1.807, 2.05) is 12.1 Å². The van der Waals surface area contributed by atoms with Crippen LogP contribution >= 0.6 is 0 Å². The molecule has 0 saturated heterocycles. The molecule has 4 heteroatoms. The average molecular weight is 257 g/mol. The average Bonchev–Trinajstić information content (AvgIpc) is 2.96. The molecule has 0 N–H and O–H groups in total. The predicted octanol–water partition coefficient (Wildman–Crippen LogP) is 3.64. The SMILES string of the molecule is c1cc(-c2noc(CCC3CCCCC3)n2)ccn1. The van der Waals surface area contributed by atoms with E-state index in [1.54, 1.807) is 12.4 Å². The molecule has 1 aliphatic carbocycles. The molecular formula is C15H19N3O. The molecule has 0 aliphatic heterocycles. The van der Waals surface area contributed by atoms with Crippen molar-refractivity contribution in [2.45, 2.75) is 44.9 Å². The summed E-state index contributed by atoms with van der Waals surface area (Å²) in [6.07, 6.45) is 12.5. The van der Waals surface area contributed by atoms with Crippen molar-refractivity contribution in [3.63, 3.8) is 0 Å². The van der Waals surface area contributed by atoms with Crippen molar-refractivity contribution >= 4 is 0 Å². The third-order valence-electron chi connectivity index (χ3n) is 3.90. The molecule has 2 heterocycles. The summed E-state index contributed by atoms with van der Waals surface area (Å²) >= 11 is 0. The van der Waals surface area contributed by atoms with Crippen LogP contribution in [0.15, 0.2) is 29.0 Å². The standard InChI is InChI=1S/C15H19N3O/c1-2-4-12(5-3-1)6-7-14-17-15(18-19-14)13-8-10-16-11-9-13/h8-12H,1-7H2. The topological polar surface area (TPSA) is 51.8 Å². The number of nitrogens with zero attached hydrogens (tertiary/aromatic N) is 3. The van der Waals surface area contributed by atoms with E-state index < -0.39 is 0 Å². The van der Waals surface area contributed by atoms with Crippen LogP contribution < -0.4 is 0 Å². The van der Waals surface area contributed by atoms with Gasteiger partial charge in [-0.1, -0.05) is 37.3 Å². The van der Waals surface area contributed by atoms with Gasteiger partial charge in [0.2, 0.25) is 11.7 Å². The van der Waals surface area contributed by atoms with Gasteiger partial charge in [0.25, 0.3) is 0 Å². The summed E-state index contributed by atoms with van der Waals surface area (Å²) in [7, 11) is 0. The molecule has 0 atom stereocenters. The van der Waals surface area contributed by atoms with Crippen LogP contribution in [0, 0.1) is 5.92 Å². The highest BCUT2D eigenvalue weighted by Gasteiger charge is 2.15. The largest absolute Gasteiger partial charge is 0.339 e. The Bertz CT molecular complexity index is 503. The molecule has 0 unspecified atom stereocenters. The predicted molar refractivity (Wildman–Crippen MR) is 72.4 cm³/mol. The molecule has 0 amide bonds. The van der Waals surface area contributed by atoms with E-state index in [0.29, 0.717) is 5.82 Å². The third kappa shape index (κ3) is 3.19. The number of hydrogen-bond acceptors (Lipinski definition) is 4. The molecule has 19 heavy (non-hydrogen) atoms. The Balaban J connectivity index is 1.59. The molecule has 4 nitrogen and oxygen atoms in total. The van der Waals surface area contributed by atoms with Crippen molar-refractivity contribution < 1.29 is 4.52 Å². The number of aromatic nitrogens is 3. The lowest BCUT2D eigenvalue weighted by atomic mass is 9.86. The van der Waals surface area contributed by atoms with E-state index in [-0.39, 0.29) is 0 Å². The lowest BCUT2D eigenvalue weighted by molar-refractivity contribution is 0.315. The van der Waals surface area contributed by atoms with Crippen LogP contribution in [0.4, 0.5) is 0 Å². The highest BCUT2D eigenvalue weighted by molar-refractivity contribution is 5.52. The quantitative estimate of drug-likeness (QED) is 0.839. The third-order valence-corrected chi connectivity index (χ3v) is 3.90. The normalized spacial score (nSPS) is 16.6. The molecule has 0 aromatic carbocycles. The fourth-order valence-electron chi connectivity index (χ4n) is 2.78. The van der Waals surface area contributed by atoms with Crippen molar-refractivity contribution in [3.8, 4) is 11.4 Å². The maximum Gasteiger partial charge on any atom is 0.226 e. The van der Waals surface area contributed by atoms with Gasteiger partial charge >= 0.3 is 0 Å². The molecule has 0 radical (unpaired) electrons. The van der Waals surface area contributed by atoms with Crippen LogP contribution in [-0.4, -0.2) is 15.1 Å². The van der Waals surface area contributed by atoms with E-state index in [1.165, 1.54) is 38.5 Å². The van der Waals surface area contributed by atoms with Crippen molar-refractivity contribution in [2.75, 3.05) is 0 Å². The Morgan fingerprint density at radius 1 is 1.11 bits per heavy atom. The Morgan fingerprint density at radius 2 is 1.89 bits per heavy atom. The molecule has 100 valence electrons. The van der Waals surface area contributed by atoms with Crippen LogP contribution in [0.1, 0.15) is 44.4 Å². The minimum atomic E-state index is 0.668. The van der Waals surface area contributed by atoms with Gasteiger partial charge in [0, 0.05) is 24.4 Å². The second-order valence-corrected chi connectivity index (χ2v) is 5.29. The van der Waals surface area contributed by atoms with Gasteiger partial charge in [-0.25, -0.2) is 0 Å². The summed E-state index contributed by atoms with van der Waals surface area (Å²) < 4.78 is 5.33. The zero-order valence-corrected chi connectivity index (χ0v) is 11.1. The van der Waals surface area contributed by atoms with Crippen LogP contribution in [0.5, 0.6) is 0 Å². The van der Waals surface area contributed by atoms with Crippen molar-refractivity contribution in [3.05, 3.63) is 30.4 Å². The summed E-state index contributed by atoms with van der Waals surface area (Å²) in [6, 6.07) is 3.80. The summed E-state index contributed by atoms with van der Waals surface area (Å²) in [6.45, 7) is 0. The van der Waals surface area contributed by atoms with Crippen molar-refractivity contribution in [1.29, 1.82) is 0 Å². The van der Waals surface area contributed by atoms with Gasteiger partial charge in [-0.15, -0.1) is 0 Å². The number of pyridine rings is 1. The molecule has 3 rings (SSSR count). The first-order valence-electron chi connectivity index (χ1n) is 7.15. The Morgan fingerprint density at radius 3 is 2.68 bits per heavy atom. The van der Waals surface area contributed by atoms with E-state index >= 15 is 0 Å². The van der Waals surface area contributed by atoms with Crippen LogP contribution in [0.3, 0.4) is 0 Å².